The highest BCUT2D eigenvalue weighted by Gasteiger charge is 2.05. The summed E-state index contributed by atoms with van der Waals surface area (Å²) in [5, 5.41) is 11.1. The van der Waals surface area contributed by atoms with Crippen molar-refractivity contribution in [3.8, 4) is 0 Å². The Morgan fingerprint density at radius 2 is 2.47 bits per heavy atom. The van der Waals surface area contributed by atoms with Crippen molar-refractivity contribution >= 4 is 39.0 Å². The zero-order chi connectivity index (χ0) is 12.1. The summed E-state index contributed by atoms with van der Waals surface area (Å²) in [7, 11) is 0. The van der Waals surface area contributed by atoms with Gasteiger partial charge in [-0.05, 0) is 22.3 Å². The highest BCUT2D eigenvalue weighted by Crippen LogP contribution is 2.20. The maximum absolute atomic E-state index is 4.11. The summed E-state index contributed by atoms with van der Waals surface area (Å²) in [6.07, 6.45) is 2.81. The zero-order valence-electron chi connectivity index (χ0n) is 9.17. The first-order valence-electron chi connectivity index (χ1n) is 5.12. The molecular formula is C11H12BrN3S2. The molecule has 2 aromatic rings. The molecule has 0 aromatic carbocycles. The molecule has 2 aromatic heterocycles. The van der Waals surface area contributed by atoms with E-state index in [9.17, 15) is 0 Å². The van der Waals surface area contributed by atoms with Crippen molar-refractivity contribution in [2.24, 2.45) is 0 Å². The number of hydrogen-bond donors (Lipinski definition) is 0. The topological polar surface area (TPSA) is 30.7 Å². The van der Waals surface area contributed by atoms with E-state index >= 15 is 0 Å². The first kappa shape index (κ1) is 12.9. The second kappa shape index (κ2) is 6.37. The van der Waals surface area contributed by atoms with Crippen LogP contribution in [0, 0.1) is 0 Å². The molecule has 0 aliphatic rings. The third kappa shape index (κ3) is 3.97. The fourth-order valence-electron chi connectivity index (χ4n) is 1.34. The van der Waals surface area contributed by atoms with Gasteiger partial charge in [-0.2, -0.15) is 0 Å². The molecule has 0 amide bonds. The van der Waals surface area contributed by atoms with E-state index in [1.165, 1.54) is 4.88 Å². The first-order valence-corrected chi connectivity index (χ1v) is 7.78. The van der Waals surface area contributed by atoms with Gasteiger partial charge in [0.25, 0.3) is 0 Å². The zero-order valence-corrected chi connectivity index (χ0v) is 12.4. The Kier molecular flexibility index (Phi) is 4.82. The lowest BCUT2D eigenvalue weighted by molar-refractivity contribution is 0.638. The third-order valence-corrected chi connectivity index (χ3v) is 4.77. The van der Waals surface area contributed by atoms with E-state index in [0.717, 1.165) is 28.4 Å². The fraction of sp³-hybridized carbons (Fsp3) is 0.273. The number of hydrogen-bond acceptors (Lipinski definition) is 4. The molecule has 0 saturated heterocycles. The Bertz CT molecular complexity index is 479. The minimum atomic E-state index is 0.817. The predicted molar refractivity (Wildman–Crippen MR) is 76.8 cm³/mol. The van der Waals surface area contributed by atoms with Gasteiger partial charge in [0, 0.05) is 17.2 Å². The van der Waals surface area contributed by atoms with Crippen LogP contribution in [0.15, 0.2) is 40.1 Å². The highest BCUT2D eigenvalue weighted by molar-refractivity contribution is 9.11. The molecule has 6 heteroatoms. The van der Waals surface area contributed by atoms with Gasteiger partial charge in [-0.1, -0.05) is 40.3 Å². The molecule has 2 heterocycles. The summed E-state index contributed by atoms with van der Waals surface area (Å²) in [6, 6.07) is 4.23. The Labute approximate surface area is 117 Å². The van der Waals surface area contributed by atoms with Gasteiger partial charge in [-0.3, -0.25) is 0 Å². The Morgan fingerprint density at radius 3 is 3.18 bits per heavy atom. The Hall–Kier alpha value is -0.590. The molecule has 90 valence electrons. The number of halogens is 1. The fourth-order valence-corrected chi connectivity index (χ4v) is 3.07. The molecule has 0 spiro atoms. The maximum atomic E-state index is 4.11. The Morgan fingerprint density at radius 1 is 1.59 bits per heavy atom. The van der Waals surface area contributed by atoms with E-state index in [1.807, 2.05) is 0 Å². The van der Waals surface area contributed by atoms with Crippen molar-refractivity contribution in [3.05, 3.63) is 39.8 Å². The summed E-state index contributed by atoms with van der Waals surface area (Å²) < 4.78 is 3.05. The van der Waals surface area contributed by atoms with Gasteiger partial charge in [0.2, 0.25) is 0 Å². The maximum Gasteiger partial charge on any atom is 0.191 e. The normalized spacial score (nSPS) is 10.6. The standard InChI is InChI=1S/C11H12BrN3S2/c1-9(12)7-17-11-14-13-8-15(11)5-4-10-3-2-6-16-10/h2-3,6,8H,1,4-5,7H2. The van der Waals surface area contributed by atoms with Crippen molar-refractivity contribution in [3.63, 3.8) is 0 Å². The largest absolute Gasteiger partial charge is 0.308 e. The quantitative estimate of drug-likeness (QED) is 0.759. The molecule has 0 unspecified atom stereocenters. The predicted octanol–water partition coefficient (Wildman–Crippen LogP) is 3.58. The molecule has 0 aliphatic heterocycles. The van der Waals surface area contributed by atoms with E-state index in [1.54, 1.807) is 29.4 Å². The van der Waals surface area contributed by atoms with E-state index in [2.05, 4.69) is 54.8 Å². The summed E-state index contributed by atoms with van der Waals surface area (Å²) >= 11 is 6.78. The van der Waals surface area contributed by atoms with Crippen LogP contribution in [0.25, 0.3) is 0 Å². The van der Waals surface area contributed by atoms with Crippen molar-refractivity contribution in [2.75, 3.05) is 5.75 Å². The van der Waals surface area contributed by atoms with Crippen molar-refractivity contribution in [1.82, 2.24) is 14.8 Å². The molecule has 0 aliphatic carbocycles. The summed E-state index contributed by atoms with van der Waals surface area (Å²) in [5.74, 6) is 0.817. The average Bonchev–Trinajstić information content (AvgIpc) is 2.95. The lowest BCUT2D eigenvalue weighted by atomic mass is 10.3. The van der Waals surface area contributed by atoms with Gasteiger partial charge >= 0.3 is 0 Å². The van der Waals surface area contributed by atoms with Gasteiger partial charge in [0.05, 0.1) is 0 Å². The van der Waals surface area contributed by atoms with Crippen LogP contribution < -0.4 is 0 Å². The lowest BCUT2D eigenvalue weighted by Gasteiger charge is -2.04. The van der Waals surface area contributed by atoms with Crippen LogP contribution in [0.1, 0.15) is 4.88 Å². The molecule has 3 nitrogen and oxygen atoms in total. The van der Waals surface area contributed by atoms with Gasteiger partial charge in [0.1, 0.15) is 6.33 Å². The SMILES string of the molecule is C=C(Br)CSc1nncn1CCc1cccs1. The number of thioether (sulfide) groups is 1. The molecule has 0 fully saturated rings. The van der Waals surface area contributed by atoms with E-state index in [0.29, 0.717) is 0 Å². The number of aryl methyl sites for hydroxylation is 2. The molecule has 0 N–H and O–H groups in total. The van der Waals surface area contributed by atoms with Crippen molar-refractivity contribution in [2.45, 2.75) is 18.1 Å². The minimum absolute atomic E-state index is 0.817. The number of thiophene rings is 1. The van der Waals surface area contributed by atoms with Crippen molar-refractivity contribution < 1.29 is 0 Å². The van der Waals surface area contributed by atoms with Crippen LogP contribution in [-0.2, 0) is 13.0 Å². The van der Waals surface area contributed by atoms with Crippen LogP contribution >= 0.6 is 39.0 Å². The smallest absolute Gasteiger partial charge is 0.191 e. The van der Waals surface area contributed by atoms with Crippen LogP contribution in [0.3, 0.4) is 0 Å². The number of nitrogens with zero attached hydrogens (tertiary/aromatic N) is 3. The van der Waals surface area contributed by atoms with E-state index in [4.69, 9.17) is 0 Å². The van der Waals surface area contributed by atoms with E-state index < -0.39 is 0 Å². The lowest BCUT2D eigenvalue weighted by Crippen LogP contribution is -2.01. The molecule has 0 bridgehead atoms. The minimum Gasteiger partial charge on any atom is -0.308 e. The second-order valence-corrected chi connectivity index (χ2v) is 6.54. The molecule has 0 saturated carbocycles. The molecule has 0 atom stereocenters. The molecular weight excluding hydrogens is 318 g/mol. The molecule has 2 rings (SSSR count). The van der Waals surface area contributed by atoms with Crippen LogP contribution in [0.5, 0.6) is 0 Å². The molecule has 17 heavy (non-hydrogen) atoms. The molecule has 0 radical (unpaired) electrons. The van der Waals surface area contributed by atoms with Crippen LogP contribution in [0.4, 0.5) is 0 Å². The monoisotopic (exact) mass is 329 g/mol. The summed E-state index contributed by atoms with van der Waals surface area (Å²) in [5.41, 5.74) is 0. The van der Waals surface area contributed by atoms with Crippen LogP contribution in [-0.4, -0.2) is 20.5 Å². The number of aromatic nitrogens is 3. The van der Waals surface area contributed by atoms with Crippen LogP contribution in [0.2, 0.25) is 0 Å². The van der Waals surface area contributed by atoms with Gasteiger partial charge < -0.3 is 4.57 Å². The van der Waals surface area contributed by atoms with Gasteiger partial charge in [-0.15, -0.1) is 21.5 Å². The number of rotatable bonds is 6. The second-order valence-electron chi connectivity index (χ2n) is 3.44. The van der Waals surface area contributed by atoms with Gasteiger partial charge in [-0.25, -0.2) is 0 Å². The highest BCUT2D eigenvalue weighted by atomic mass is 79.9. The van der Waals surface area contributed by atoms with E-state index in [-0.39, 0.29) is 0 Å². The Balaban J connectivity index is 1.92. The first-order chi connectivity index (χ1) is 8.25. The third-order valence-electron chi connectivity index (χ3n) is 2.12. The summed E-state index contributed by atoms with van der Waals surface area (Å²) in [4.78, 5) is 1.39. The van der Waals surface area contributed by atoms with Crippen molar-refractivity contribution in [1.29, 1.82) is 0 Å². The summed E-state index contributed by atoms with van der Waals surface area (Å²) in [6.45, 7) is 4.73. The average molecular weight is 330 g/mol. The van der Waals surface area contributed by atoms with Gasteiger partial charge in [0.15, 0.2) is 5.16 Å².